The average Bonchev–Trinajstić information content (AvgIpc) is 2.91. The van der Waals surface area contributed by atoms with Gasteiger partial charge in [0.05, 0.1) is 23.0 Å². The van der Waals surface area contributed by atoms with E-state index in [0.717, 1.165) is 16.5 Å². The van der Waals surface area contributed by atoms with Crippen LogP contribution in [0.15, 0.2) is 42.6 Å². The zero-order chi connectivity index (χ0) is 14.1. The lowest BCUT2D eigenvalue weighted by atomic mass is 10.1. The third-order valence-corrected chi connectivity index (χ3v) is 3.18. The van der Waals surface area contributed by atoms with Crippen LogP contribution in [0.4, 0.5) is 11.4 Å². The molecule has 2 aromatic carbocycles. The molecule has 5 heteroatoms. The van der Waals surface area contributed by atoms with Crippen LogP contribution in [-0.4, -0.2) is 16.1 Å². The Morgan fingerprint density at radius 2 is 2.15 bits per heavy atom. The van der Waals surface area contributed by atoms with Gasteiger partial charge in [-0.05, 0) is 25.1 Å². The molecular weight excluding hydrogens is 252 g/mol. The Hall–Kier alpha value is -2.82. The molecule has 0 spiro atoms. The number of nitrogens with zero attached hydrogens (tertiary/aromatic N) is 1. The standard InChI is InChI=1S/C15H14N4O/c1-9-5-6-12(16)11(7-9)15(20)18-13-4-2-3-10-8-17-19-14(10)13/h2-8H,16H2,1H3,(H,17,19)(H,18,20). The molecule has 1 heterocycles. The van der Waals surface area contributed by atoms with Crippen molar-refractivity contribution in [2.24, 2.45) is 0 Å². The van der Waals surface area contributed by atoms with Crippen LogP contribution in [0.25, 0.3) is 10.9 Å². The van der Waals surface area contributed by atoms with Crippen molar-refractivity contribution in [1.82, 2.24) is 10.2 Å². The van der Waals surface area contributed by atoms with Crippen molar-refractivity contribution in [2.45, 2.75) is 6.92 Å². The monoisotopic (exact) mass is 266 g/mol. The van der Waals surface area contributed by atoms with Gasteiger partial charge < -0.3 is 11.1 Å². The van der Waals surface area contributed by atoms with Crippen LogP contribution < -0.4 is 11.1 Å². The van der Waals surface area contributed by atoms with Gasteiger partial charge in [0.25, 0.3) is 5.91 Å². The molecule has 1 amide bonds. The Balaban J connectivity index is 1.96. The molecule has 0 aliphatic heterocycles. The second kappa shape index (κ2) is 4.70. The van der Waals surface area contributed by atoms with E-state index in [-0.39, 0.29) is 5.91 Å². The molecule has 0 saturated heterocycles. The van der Waals surface area contributed by atoms with E-state index in [4.69, 9.17) is 5.73 Å². The van der Waals surface area contributed by atoms with E-state index in [1.54, 1.807) is 18.3 Å². The van der Waals surface area contributed by atoms with Crippen LogP contribution in [0.2, 0.25) is 0 Å². The van der Waals surface area contributed by atoms with Crippen molar-refractivity contribution in [3.8, 4) is 0 Å². The zero-order valence-electron chi connectivity index (χ0n) is 11.0. The Bertz CT molecular complexity index is 791. The van der Waals surface area contributed by atoms with Gasteiger partial charge in [0, 0.05) is 11.1 Å². The summed E-state index contributed by atoms with van der Waals surface area (Å²) >= 11 is 0. The summed E-state index contributed by atoms with van der Waals surface area (Å²) in [7, 11) is 0. The average molecular weight is 266 g/mol. The summed E-state index contributed by atoms with van der Waals surface area (Å²) in [6.45, 7) is 1.92. The fraction of sp³-hybridized carbons (Fsp3) is 0.0667. The third-order valence-electron chi connectivity index (χ3n) is 3.18. The van der Waals surface area contributed by atoms with Crippen LogP contribution >= 0.6 is 0 Å². The number of hydrogen-bond donors (Lipinski definition) is 3. The quantitative estimate of drug-likeness (QED) is 0.623. The minimum Gasteiger partial charge on any atom is -0.398 e. The Labute approximate surface area is 115 Å². The molecule has 0 unspecified atom stereocenters. The first kappa shape index (κ1) is 12.2. The number of carbonyl (C=O) groups is 1. The van der Waals surface area contributed by atoms with Crippen LogP contribution in [-0.2, 0) is 0 Å². The number of hydrogen-bond acceptors (Lipinski definition) is 3. The molecule has 5 nitrogen and oxygen atoms in total. The van der Waals surface area contributed by atoms with Crippen molar-refractivity contribution in [3.05, 3.63) is 53.7 Å². The number of para-hydroxylation sites is 1. The molecule has 0 aliphatic rings. The highest BCUT2D eigenvalue weighted by Gasteiger charge is 2.12. The van der Waals surface area contributed by atoms with Gasteiger partial charge in [0.1, 0.15) is 0 Å². The lowest BCUT2D eigenvalue weighted by Crippen LogP contribution is -2.14. The number of rotatable bonds is 2. The number of aromatic amines is 1. The van der Waals surface area contributed by atoms with Crippen LogP contribution in [0.3, 0.4) is 0 Å². The van der Waals surface area contributed by atoms with Gasteiger partial charge in [-0.25, -0.2) is 0 Å². The van der Waals surface area contributed by atoms with Gasteiger partial charge in [0.2, 0.25) is 0 Å². The largest absolute Gasteiger partial charge is 0.398 e. The second-order valence-corrected chi connectivity index (χ2v) is 4.68. The van der Waals surface area contributed by atoms with E-state index >= 15 is 0 Å². The molecular formula is C15H14N4O. The number of anilines is 2. The molecule has 3 rings (SSSR count). The highest BCUT2D eigenvalue weighted by atomic mass is 16.1. The Morgan fingerprint density at radius 3 is 3.00 bits per heavy atom. The summed E-state index contributed by atoms with van der Waals surface area (Å²) in [6.07, 6.45) is 1.71. The number of benzene rings is 2. The zero-order valence-corrected chi connectivity index (χ0v) is 11.0. The predicted molar refractivity (Wildman–Crippen MR) is 79.6 cm³/mol. The molecule has 0 fully saturated rings. The van der Waals surface area contributed by atoms with Gasteiger partial charge in [-0.1, -0.05) is 23.8 Å². The number of carbonyl (C=O) groups excluding carboxylic acids is 1. The topological polar surface area (TPSA) is 83.8 Å². The number of H-pyrrole nitrogens is 1. The van der Waals surface area contributed by atoms with Crippen molar-refractivity contribution >= 4 is 28.2 Å². The minimum absolute atomic E-state index is 0.228. The lowest BCUT2D eigenvalue weighted by Gasteiger charge is -2.09. The van der Waals surface area contributed by atoms with Crippen molar-refractivity contribution in [2.75, 3.05) is 11.1 Å². The Morgan fingerprint density at radius 1 is 1.30 bits per heavy atom. The number of aromatic nitrogens is 2. The summed E-state index contributed by atoms with van der Waals surface area (Å²) in [4.78, 5) is 12.3. The highest BCUT2D eigenvalue weighted by molar-refractivity contribution is 6.10. The van der Waals surface area contributed by atoms with Gasteiger partial charge >= 0.3 is 0 Å². The molecule has 4 N–H and O–H groups in total. The van der Waals surface area contributed by atoms with E-state index in [9.17, 15) is 4.79 Å². The molecule has 3 aromatic rings. The van der Waals surface area contributed by atoms with Gasteiger partial charge in [-0.3, -0.25) is 9.89 Å². The number of nitrogen functional groups attached to an aromatic ring is 1. The van der Waals surface area contributed by atoms with Gasteiger partial charge in [0.15, 0.2) is 0 Å². The molecule has 1 aromatic heterocycles. The Kier molecular flexibility index (Phi) is 2.87. The highest BCUT2D eigenvalue weighted by Crippen LogP contribution is 2.22. The summed E-state index contributed by atoms with van der Waals surface area (Å²) < 4.78 is 0. The predicted octanol–water partition coefficient (Wildman–Crippen LogP) is 2.71. The van der Waals surface area contributed by atoms with Crippen LogP contribution in [0.1, 0.15) is 15.9 Å². The normalized spacial score (nSPS) is 10.7. The maximum absolute atomic E-state index is 12.3. The fourth-order valence-electron chi connectivity index (χ4n) is 2.13. The smallest absolute Gasteiger partial charge is 0.257 e. The molecule has 20 heavy (non-hydrogen) atoms. The molecule has 0 saturated carbocycles. The number of nitrogens with one attached hydrogen (secondary N) is 2. The lowest BCUT2D eigenvalue weighted by molar-refractivity contribution is 0.102. The summed E-state index contributed by atoms with van der Waals surface area (Å²) in [5, 5.41) is 10.7. The summed E-state index contributed by atoms with van der Waals surface area (Å²) in [5.41, 5.74) is 9.27. The number of aryl methyl sites for hydroxylation is 1. The van der Waals surface area contributed by atoms with Crippen molar-refractivity contribution in [3.63, 3.8) is 0 Å². The van der Waals surface area contributed by atoms with Crippen LogP contribution in [0, 0.1) is 6.92 Å². The molecule has 0 bridgehead atoms. The maximum atomic E-state index is 12.3. The van der Waals surface area contributed by atoms with Gasteiger partial charge in [-0.2, -0.15) is 5.10 Å². The molecule has 0 atom stereocenters. The number of nitrogens with two attached hydrogens (primary N) is 1. The van der Waals surface area contributed by atoms with E-state index < -0.39 is 0 Å². The van der Waals surface area contributed by atoms with Crippen molar-refractivity contribution < 1.29 is 4.79 Å². The van der Waals surface area contributed by atoms with Crippen molar-refractivity contribution in [1.29, 1.82) is 0 Å². The first-order valence-corrected chi connectivity index (χ1v) is 6.25. The van der Waals surface area contributed by atoms with Crippen LogP contribution in [0.5, 0.6) is 0 Å². The number of fused-ring (bicyclic) bond motifs is 1. The second-order valence-electron chi connectivity index (χ2n) is 4.68. The fourth-order valence-corrected chi connectivity index (χ4v) is 2.13. The van der Waals surface area contributed by atoms with E-state index in [1.807, 2.05) is 31.2 Å². The molecule has 0 radical (unpaired) electrons. The SMILES string of the molecule is Cc1ccc(N)c(C(=O)Nc2cccc3cn[nH]c23)c1. The summed E-state index contributed by atoms with van der Waals surface area (Å²) in [5.74, 6) is -0.228. The first-order valence-electron chi connectivity index (χ1n) is 6.25. The van der Waals surface area contributed by atoms with E-state index in [0.29, 0.717) is 16.9 Å². The third kappa shape index (κ3) is 2.09. The number of amides is 1. The maximum Gasteiger partial charge on any atom is 0.257 e. The molecule has 100 valence electrons. The van der Waals surface area contributed by atoms with E-state index in [2.05, 4.69) is 15.5 Å². The summed E-state index contributed by atoms with van der Waals surface area (Å²) in [6, 6.07) is 11.0. The first-order chi connectivity index (χ1) is 9.65. The minimum atomic E-state index is -0.228. The van der Waals surface area contributed by atoms with Gasteiger partial charge in [-0.15, -0.1) is 0 Å². The van der Waals surface area contributed by atoms with E-state index in [1.165, 1.54) is 0 Å². The molecule has 0 aliphatic carbocycles.